The van der Waals surface area contributed by atoms with Crippen molar-refractivity contribution in [1.82, 2.24) is 5.32 Å². The summed E-state index contributed by atoms with van der Waals surface area (Å²) in [6.45, 7) is 3.80. The summed E-state index contributed by atoms with van der Waals surface area (Å²) in [7, 11) is 2.02. The standard InChI is InChI=1S/C16H19N/c1-3-4-12-16(17-2)15-11-7-9-13-8-5-6-10-14(13)15/h3,5-11,16-17H,1,4,12H2,2H3. The van der Waals surface area contributed by atoms with Gasteiger partial charge in [0.15, 0.2) is 0 Å². The molecule has 0 radical (unpaired) electrons. The molecule has 1 N–H and O–H groups in total. The van der Waals surface area contributed by atoms with Crippen molar-refractivity contribution in [3.8, 4) is 0 Å². The Hall–Kier alpha value is -1.60. The third-order valence-electron chi connectivity index (χ3n) is 3.21. The van der Waals surface area contributed by atoms with Crippen molar-refractivity contribution < 1.29 is 0 Å². The van der Waals surface area contributed by atoms with Crippen molar-refractivity contribution in [2.24, 2.45) is 0 Å². The van der Waals surface area contributed by atoms with Gasteiger partial charge in [0.1, 0.15) is 0 Å². The van der Waals surface area contributed by atoms with Crippen molar-refractivity contribution in [2.75, 3.05) is 7.05 Å². The van der Waals surface area contributed by atoms with E-state index in [4.69, 9.17) is 0 Å². The molecule has 1 heteroatoms. The molecular weight excluding hydrogens is 206 g/mol. The van der Waals surface area contributed by atoms with Gasteiger partial charge in [-0.1, -0.05) is 48.5 Å². The van der Waals surface area contributed by atoms with Gasteiger partial charge in [-0.05, 0) is 36.2 Å². The van der Waals surface area contributed by atoms with Crippen molar-refractivity contribution in [1.29, 1.82) is 0 Å². The van der Waals surface area contributed by atoms with Crippen molar-refractivity contribution in [2.45, 2.75) is 18.9 Å². The molecule has 0 amide bonds. The van der Waals surface area contributed by atoms with Gasteiger partial charge in [0, 0.05) is 6.04 Å². The van der Waals surface area contributed by atoms with Gasteiger partial charge in [0.25, 0.3) is 0 Å². The lowest BCUT2D eigenvalue weighted by Gasteiger charge is -2.18. The molecule has 0 aliphatic rings. The monoisotopic (exact) mass is 225 g/mol. The Balaban J connectivity index is 2.42. The molecule has 0 aliphatic heterocycles. The number of rotatable bonds is 5. The first-order chi connectivity index (χ1) is 8.36. The number of fused-ring (bicyclic) bond motifs is 1. The number of nitrogens with one attached hydrogen (secondary N) is 1. The van der Waals surface area contributed by atoms with Crippen molar-refractivity contribution >= 4 is 10.8 Å². The van der Waals surface area contributed by atoms with E-state index in [0.717, 1.165) is 12.8 Å². The predicted molar refractivity (Wildman–Crippen MR) is 75.2 cm³/mol. The van der Waals surface area contributed by atoms with E-state index in [0.29, 0.717) is 6.04 Å². The maximum atomic E-state index is 3.80. The molecule has 2 aromatic rings. The lowest BCUT2D eigenvalue weighted by molar-refractivity contribution is 0.558. The fraction of sp³-hybridized carbons (Fsp3) is 0.250. The van der Waals surface area contributed by atoms with Crippen LogP contribution in [0.3, 0.4) is 0 Å². The molecule has 0 aromatic heterocycles. The Bertz CT molecular complexity index is 496. The van der Waals surface area contributed by atoms with Crippen LogP contribution < -0.4 is 5.32 Å². The maximum absolute atomic E-state index is 3.80. The fourth-order valence-corrected chi connectivity index (χ4v) is 2.29. The summed E-state index contributed by atoms with van der Waals surface area (Å²) in [6.07, 6.45) is 4.11. The van der Waals surface area contributed by atoms with Gasteiger partial charge >= 0.3 is 0 Å². The molecule has 88 valence electrons. The average molecular weight is 225 g/mol. The largest absolute Gasteiger partial charge is 0.313 e. The van der Waals surface area contributed by atoms with Crippen molar-refractivity contribution in [3.63, 3.8) is 0 Å². The summed E-state index contributed by atoms with van der Waals surface area (Å²) in [5.74, 6) is 0. The van der Waals surface area contributed by atoms with Gasteiger partial charge in [0.2, 0.25) is 0 Å². The molecule has 0 spiro atoms. The van der Waals surface area contributed by atoms with Crippen LogP contribution in [0.15, 0.2) is 55.1 Å². The average Bonchev–Trinajstić information content (AvgIpc) is 2.40. The highest BCUT2D eigenvalue weighted by atomic mass is 14.9. The topological polar surface area (TPSA) is 12.0 Å². The molecule has 2 rings (SSSR count). The van der Waals surface area contributed by atoms with E-state index in [1.807, 2.05) is 13.1 Å². The van der Waals surface area contributed by atoms with Crippen LogP contribution in [0.2, 0.25) is 0 Å². The Labute approximate surface area is 103 Å². The van der Waals surface area contributed by atoms with Gasteiger partial charge in [0.05, 0.1) is 0 Å². The minimum Gasteiger partial charge on any atom is -0.313 e. The van der Waals surface area contributed by atoms with Crippen molar-refractivity contribution in [3.05, 3.63) is 60.7 Å². The first kappa shape index (κ1) is 11.9. The number of hydrogen-bond donors (Lipinski definition) is 1. The van der Waals surface area contributed by atoms with E-state index in [-0.39, 0.29) is 0 Å². The highest BCUT2D eigenvalue weighted by Gasteiger charge is 2.10. The third-order valence-corrected chi connectivity index (χ3v) is 3.21. The molecule has 1 atom stereocenters. The normalized spacial score (nSPS) is 12.5. The lowest BCUT2D eigenvalue weighted by atomic mass is 9.96. The van der Waals surface area contributed by atoms with Crippen LogP contribution in [0, 0.1) is 0 Å². The molecule has 1 unspecified atom stereocenters. The summed E-state index contributed by atoms with van der Waals surface area (Å²) in [6, 6.07) is 15.5. The van der Waals surface area contributed by atoms with Crippen LogP contribution in [-0.2, 0) is 0 Å². The molecule has 0 heterocycles. The highest BCUT2D eigenvalue weighted by Crippen LogP contribution is 2.26. The molecule has 0 aliphatic carbocycles. The van der Waals surface area contributed by atoms with Gasteiger partial charge in [-0.25, -0.2) is 0 Å². The summed E-state index contributed by atoms with van der Waals surface area (Å²) in [5.41, 5.74) is 1.38. The van der Waals surface area contributed by atoms with Crippen LogP contribution in [0.1, 0.15) is 24.4 Å². The van der Waals surface area contributed by atoms with E-state index in [9.17, 15) is 0 Å². The fourth-order valence-electron chi connectivity index (χ4n) is 2.29. The molecule has 0 saturated carbocycles. The molecule has 0 saturated heterocycles. The number of hydrogen-bond acceptors (Lipinski definition) is 1. The predicted octanol–water partition coefficient (Wildman–Crippen LogP) is 4.07. The minimum absolute atomic E-state index is 0.402. The number of benzene rings is 2. The van der Waals surface area contributed by atoms with Crippen LogP contribution in [0.25, 0.3) is 10.8 Å². The molecule has 0 fully saturated rings. The zero-order valence-corrected chi connectivity index (χ0v) is 10.3. The second-order valence-corrected chi connectivity index (χ2v) is 4.28. The Morgan fingerprint density at radius 2 is 1.94 bits per heavy atom. The molecular formula is C16H19N. The van der Waals surface area contributed by atoms with E-state index in [2.05, 4.69) is 54.4 Å². The SMILES string of the molecule is C=CCCC(NC)c1cccc2ccccc12. The molecule has 2 aromatic carbocycles. The van der Waals surface area contributed by atoms with Gasteiger partial charge in [-0.3, -0.25) is 0 Å². The quantitative estimate of drug-likeness (QED) is 0.756. The first-order valence-corrected chi connectivity index (χ1v) is 6.12. The number of allylic oxidation sites excluding steroid dienone is 1. The van der Waals surface area contributed by atoms with E-state index in [1.165, 1.54) is 16.3 Å². The zero-order valence-electron chi connectivity index (χ0n) is 10.3. The third kappa shape index (κ3) is 2.56. The Morgan fingerprint density at radius 1 is 1.18 bits per heavy atom. The molecule has 17 heavy (non-hydrogen) atoms. The van der Waals surface area contributed by atoms with Crippen LogP contribution in [-0.4, -0.2) is 7.05 Å². The van der Waals surface area contributed by atoms with Crippen LogP contribution in [0.5, 0.6) is 0 Å². The summed E-state index contributed by atoms with van der Waals surface area (Å²) < 4.78 is 0. The highest BCUT2D eigenvalue weighted by molar-refractivity contribution is 5.86. The first-order valence-electron chi connectivity index (χ1n) is 6.12. The smallest absolute Gasteiger partial charge is 0.0326 e. The second-order valence-electron chi connectivity index (χ2n) is 4.28. The van der Waals surface area contributed by atoms with Gasteiger partial charge < -0.3 is 5.32 Å². The molecule has 1 nitrogen and oxygen atoms in total. The summed E-state index contributed by atoms with van der Waals surface area (Å²) in [4.78, 5) is 0. The maximum Gasteiger partial charge on any atom is 0.0326 e. The van der Waals surface area contributed by atoms with E-state index >= 15 is 0 Å². The summed E-state index contributed by atoms with van der Waals surface area (Å²) in [5, 5.41) is 6.05. The minimum atomic E-state index is 0.402. The van der Waals surface area contributed by atoms with E-state index < -0.39 is 0 Å². The lowest BCUT2D eigenvalue weighted by Crippen LogP contribution is -2.16. The van der Waals surface area contributed by atoms with Crippen LogP contribution in [0.4, 0.5) is 0 Å². The Morgan fingerprint density at radius 3 is 2.71 bits per heavy atom. The van der Waals surface area contributed by atoms with Crippen LogP contribution >= 0.6 is 0 Å². The second kappa shape index (κ2) is 5.65. The zero-order chi connectivity index (χ0) is 12.1. The Kier molecular flexibility index (Phi) is 3.94. The van der Waals surface area contributed by atoms with Gasteiger partial charge in [-0.15, -0.1) is 6.58 Å². The van der Waals surface area contributed by atoms with Gasteiger partial charge in [-0.2, -0.15) is 0 Å². The summed E-state index contributed by atoms with van der Waals surface area (Å²) >= 11 is 0. The van der Waals surface area contributed by atoms with E-state index in [1.54, 1.807) is 0 Å². The molecule has 0 bridgehead atoms.